The van der Waals surface area contributed by atoms with Crippen molar-refractivity contribution in [1.82, 2.24) is 5.32 Å². The van der Waals surface area contributed by atoms with Crippen molar-refractivity contribution in [1.29, 1.82) is 0 Å². The zero-order valence-electron chi connectivity index (χ0n) is 13.1. The summed E-state index contributed by atoms with van der Waals surface area (Å²) in [7, 11) is 0. The molecule has 130 valence electrons. The fourth-order valence-corrected chi connectivity index (χ4v) is 2.65. The highest BCUT2D eigenvalue weighted by atomic mass is 19.2. The van der Waals surface area contributed by atoms with Gasteiger partial charge in [-0.05, 0) is 24.3 Å². The minimum Gasteiger partial charge on any atom is -0.462 e. The summed E-state index contributed by atoms with van der Waals surface area (Å²) < 4.78 is 37.2. The third-order valence-electron chi connectivity index (χ3n) is 4.00. The molecule has 1 fully saturated rings. The van der Waals surface area contributed by atoms with Gasteiger partial charge in [-0.1, -0.05) is 24.3 Å². The van der Waals surface area contributed by atoms with E-state index >= 15 is 0 Å². The molecule has 0 saturated carbocycles. The first-order chi connectivity index (χ1) is 12.0. The van der Waals surface area contributed by atoms with Crippen LogP contribution < -0.4 is 5.32 Å². The average molecular weight is 347 g/mol. The summed E-state index contributed by atoms with van der Waals surface area (Å²) in [6.07, 6.45) is -0.561. The molecule has 2 aromatic carbocycles. The Hall–Kier alpha value is -2.96. The number of cyclic esters (lactones) is 1. The van der Waals surface area contributed by atoms with Crippen LogP contribution in [0.4, 0.5) is 13.6 Å². The van der Waals surface area contributed by atoms with E-state index in [0.717, 1.165) is 12.1 Å². The number of alkyl carbamates (subject to hydrolysis) is 1. The van der Waals surface area contributed by atoms with E-state index in [1.807, 2.05) is 0 Å². The van der Waals surface area contributed by atoms with Crippen LogP contribution in [0.3, 0.4) is 0 Å². The molecule has 0 radical (unpaired) electrons. The summed E-state index contributed by atoms with van der Waals surface area (Å²) in [6.45, 7) is 0.0154. The predicted octanol–water partition coefficient (Wildman–Crippen LogP) is 3.15. The number of hydrogen-bond acceptors (Lipinski definition) is 4. The van der Waals surface area contributed by atoms with Gasteiger partial charge in [0.2, 0.25) is 0 Å². The first kappa shape index (κ1) is 16.9. The van der Waals surface area contributed by atoms with E-state index in [1.54, 1.807) is 30.3 Å². The maximum absolute atomic E-state index is 13.6. The highest BCUT2D eigenvalue weighted by Gasteiger charge is 2.42. The van der Waals surface area contributed by atoms with E-state index in [9.17, 15) is 18.4 Å². The molecular weight excluding hydrogens is 332 g/mol. The first-order valence-electron chi connectivity index (χ1n) is 7.65. The van der Waals surface area contributed by atoms with Crippen molar-refractivity contribution in [2.24, 2.45) is 0 Å². The number of ether oxygens (including phenoxy) is 2. The van der Waals surface area contributed by atoms with Gasteiger partial charge in [0.1, 0.15) is 0 Å². The van der Waals surface area contributed by atoms with Gasteiger partial charge in [0, 0.05) is 12.0 Å². The normalized spacial score (nSPS) is 19.2. The molecule has 1 unspecified atom stereocenters. The molecular formula is C18H15F2NO4. The van der Waals surface area contributed by atoms with Gasteiger partial charge in [-0.2, -0.15) is 0 Å². The second kappa shape index (κ2) is 6.88. The molecule has 0 aromatic heterocycles. The highest BCUT2D eigenvalue weighted by molar-refractivity contribution is 5.89. The van der Waals surface area contributed by atoms with Crippen molar-refractivity contribution >= 4 is 12.1 Å². The van der Waals surface area contributed by atoms with E-state index < -0.39 is 29.3 Å². The molecule has 1 amide bonds. The largest absolute Gasteiger partial charge is 0.462 e. The van der Waals surface area contributed by atoms with Gasteiger partial charge < -0.3 is 14.8 Å². The van der Waals surface area contributed by atoms with Crippen molar-refractivity contribution in [3.05, 3.63) is 71.3 Å². The number of hydrogen-bond donors (Lipinski definition) is 1. The lowest BCUT2D eigenvalue weighted by Crippen LogP contribution is -2.32. The monoisotopic (exact) mass is 347 g/mol. The third kappa shape index (κ3) is 3.60. The van der Waals surface area contributed by atoms with Crippen LogP contribution >= 0.6 is 0 Å². The molecule has 1 saturated heterocycles. The van der Waals surface area contributed by atoms with Crippen molar-refractivity contribution in [2.45, 2.75) is 12.0 Å². The molecule has 0 bridgehead atoms. The lowest BCUT2D eigenvalue weighted by Gasteiger charge is -2.26. The van der Waals surface area contributed by atoms with Gasteiger partial charge in [-0.25, -0.2) is 18.4 Å². The number of benzene rings is 2. The fraction of sp³-hybridized carbons (Fsp3) is 0.222. The zero-order chi connectivity index (χ0) is 17.9. The van der Waals surface area contributed by atoms with Crippen LogP contribution in [0.25, 0.3) is 0 Å². The second-order valence-corrected chi connectivity index (χ2v) is 5.62. The lowest BCUT2D eigenvalue weighted by atomic mass is 9.90. The molecule has 1 N–H and O–H groups in total. The molecule has 0 aliphatic carbocycles. The fourth-order valence-electron chi connectivity index (χ4n) is 2.65. The Kier molecular flexibility index (Phi) is 4.65. The summed E-state index contributed by atoms with van der Waals surface area (Å²) in [6, 6.07) is 11.7. The second-order valence-electron chi connectivity index (χ2n) is 5.62. The number of rotatable bonds is 5. The number of halogens is 2. The number of amides is 1. The summed E-state index contributed by atoms with van der Waals surface area (Å²) in [5, 5.41) is 2.49. The number of esters is 1. The molecule has 3 rings (SSSR count). The van der Waals surface area contributed by atoms with Crippen LogP contribution in [0.5, 0.6) is 0 Å². The number of nitrogens with one attached hydrogen (secondary N) is 1. The van der Waals surface area contributed by atoms with Gasteiger partial charge >= 0.3 is 12.1 Å². The highest BCUT2D eigenvalue weighted by Crippen LogP contribution is 2.33. The van der Waals surface area contributed by atoms with Crippen molar-refractivity contribution in [2.75, 3.05) is 13.2 Å². The Morgan fingerprint density at radius 2 is 1.92 bits per heavy atom. The number of carbonyl (C=O) groups is 2. The SMILES string of the molecule is O=C1NCC(CCOC(=O)c2ccccc2)(c2ccc(F)c(F)c2)O1. The van der Waals surface area contributed by atoms with Crippen LogP contribution in [-0.2, 0) is 15.1 Å². The Labute approximate surface area is 142 Å². The third-order valence-corrected chi connectivity index (χ3v) is 4.00. The van der Waals surface area contributed by atoms with Crippen LogP contribution in [0.15, 0.2) is 48.5 Å². The topological polar surface area (TPSA) is 64.6 Å². The standard InChI is InChI=1S/C18H15F2NO4/c19-14-7-6-13(10-15(14)20)18(11-21-17(23)25-18)8-9-24-16(22)12-4-2-1-3-5-12/h1-7,10H,8-9,11H2,(H,21,23). The zero-order valence-corrected chi connectivity index (χ0v) is 13.1. The average Bonchev–Trinajstić information content (AvgIpc) is 3.00. The molecule has 7 heteroatoms. The van der Waals surface area contributed by atoms with Crippen LogP contribution in [0.2, 0.25) is 0 Å². The molecule has 1 aliphatic heterocycles. The maximum atomic E-state index is 13.6. The number of carbonyl (C=O) groups excluding carboxylic acids is 2. The summed E-state index contributed by atoms with van der Waals surface area (Å²) in [5.41, 5.74) is -0.533. The maximum Gasteiger partial charge on any atom is 0.408 e. The van der Waals surface area contributed by atoms with Gasteiger partial charge in [-0.15, -0.1) is 0 Å². The molecule has 1 heterocycles. The minimum atomic E-state index is -1.22. The Balaban J connectivity index is 1.72. The Bertz CT molecular complexity index is 797. The van der Waals surface area contributed by atoms with E-state index in [4.69, 9.17) is 9.47 Å². The molecule has 5 nitrogen and oxygen atoms in total. The molecule has 2 aromatic rings. The quantitative estimate of drug-likeness (QED) is 0.844. The van der Waals surface area contributed by atoms with Crippen LogP contribution in [0, 0.1) is 11.6 Å². The molecule has 25 heavy (non-hydrogen) atoms. The first-order valence-corrected chi connectivity index (χ1v) is 7.65. The van der Waals surface area contributed by atoms with E-state index in [0.29, 0.717) is 11.1 Å². The Morgan fingerprint density at radius 3 is 2.56 bits per heavy atom. The summed E-state index contributed by atoms with van der Waals surface area (Å²) in [5.74, 6) is -2.55. The minimum absolute atomic E-state index is 0.0539. The van der Waals surface area contributed by atoms with Crippen LogP contribution in [0.1, 0.15) is 22.3 Å². The molecule has 1 atom stereocenters. The van der Waals surface area contributed by atoms with Crippen molar-refractivity contribution in [3.8, 4) is 0 Å². The van der Waals surface area contributed by atoms with Gasteiger partial charge in [-0.3, -0.25) is 0 Å². The predicted molar refractivity (Wildman–Crippen MR) is 83.9 cm³/mol. The molecule has 0 spiro atoms. The van der Waals surface area contributed by atoms with Gasteiger partial charge in [0.15, 0.2) is 17.2 Å². The summed E-state index contributed by atoms with van der Waals surface area (Å²) >= 11 is 0. The van der Waals surface area contributed by atoms with Gasteiger partial charge in [0.05, 0.1) is 18.7 Å². The van der Waals surface area contributed by atoms with Crippen molar-refractivity contribution in [3.63, 3.8) is 0 Å². The lowest BCUT2D eigenvalue weighted by molar-refractivity contribution is 0.0154. The van der Waals surface area contributed by atoms with E-state index in [-0.39, 0.29) is 19.6 Å². The Morgan fingerprint density at radius 1 is 1.16 bits per heavy atom. The van der Waals surface area contributed by atoms with Crippen molar-refractivity contribution < 1.29 is 27.8 Å². The molecule has 1 aliphatic rings. The van der Waals surface area contributed by atoms with Gasteiger partial charge in [0.25, 0.3) is 0 Å². The van der Waals surface area contributed by atoms with E-state index in [1.165, 1.54) is 6.07 Å². The van der Waals surface area contributed by atoms with E-state index in [2.05, 4.69) is 5.32 Å². The van der Waals surface area contributed by atoms with Crippen LogP contribution in [-0.4, -0.2) is 25.2 Å². The smallest absolute Gasteiger partial charge is 0.408 e. The summed E-state index contributed by atoms with van der Waals surface area (Å²) in [4.78, 5) is 23.5.